The molecule has 0 saturated heterocycles. The van der Waals surface area contributed by atoms with Crippen LogP contribution in [-0.2, 0) is 4.79 Å². The van der Waals surface area contributed by atoms with Crippen LogP contribution in [0.3, 0.4) is 0 Å². The summed E-state index contributed by atoms with van der Waals surface area (Å²) < 4.78 is 0.700. The summed E-state index contributed by atoms with van der Waals surface area (Å²) in [6.45, 7) is -0.344. The maximum Gasteiger partial charge on any atom is 0.262 e. The van der Waals surface area contributed by atoms with E-state index in [2.05, 4.69) is 31.4 Å². The molecule has 0 unspecified atom stereocenters. The molecular formula is C13H9BrN4O3. The molecule has 2 heterocycles. The van der Waals surface area contributed by atoms with Crippen molar-refractivity contribution < 1.29 is 14.4 Å². The fourth-order valence-corrected chi connectivity index (χ4v) is 2.43. The molecule has 1 aliphatic heterocycles. The summed E-state index contributed by atoms with van der Waals surface area (Å²) in [5, 5.41) is 8.77. The lowest BCUT2D eigenvalue weighted by Gasteiger charge is -2.12. The van der Waals surface area contributed by atoms with Crippen molar-refractivity contribution in [2.75, 3.05) is 11.9 Å². The second kappa shape index (κ2) is 5.13. The molecular weight excluding hydrogens is 340 g/mol. The first kappa shape index (κ1) is 13.5. The van der Waals surface area contributed by atoms with E-state index in [0.29, 0.717) is 21.4 Å². The zero-order valence-corrected chi connectivity index (χ0v) is 12.2. The molecule has 7 nitrogen and oxygen atoms in total. The highest BCUT2D eigenvalue weighted by atomic mass is 79.9. The van der Waals surface area contributed by atoms with Gasteiger partial charge in [0, 0.05) is 10.5 Å². The van der Waals surface area contributed by atoms with Crippen LogP contribution in [0.2, 0.25) is 0 Å². The highest BCUT2D eigenvalue weighted by molar-refractivity contribution is 9.10. The van der Waals surface area contributed by atoms with Gasteiger partial charge >= 0.3 is 0 Å². The smallest absolute Gasteiger partial charge is 0.262 e. The van der Waals surface area contributed by atoms with Gasteiger partial charge in [-0.2, -0.15) is 5.10 Å². The number of nitrogens with zero attached hydrogens (tertiary/aromatic N) is 2. The van der Waals surface area contributed by atoms with E-state index in [4.69, 9.17) is 0 Å². The van der Waals surface area contributed by atoms with Gasteiger partial charge in [0.15, 0.2) is 0 Å². The van der Waals surface area contributed by atoms with Gasteiger partial charge in [-0.3, -0.25) is 24.4 Å². The van der Waals surface area contributed by atoms with Crippen LogP contribution >= 0.6 is 15.9 Å². The molecule has 1 aromatic heterocycles. The lowest BCUT2D eigenvalue weighted by atomic mass is 10.1. The molecule has 3 rings (SSSR count). The largest absolute Gasteiger partial charge is 0.310 e. The van der Waals surface area contributed by atoms with Crippen LogP contribution in [0.15, 0.2) is 34.9 Å². The number of halogens is 1. The predicted molar refractivity (Wildman–Crippen MR) is 76.7 cm³/mol. The molecule has 0 radical (unpaired) electrons. The SMILES string of the molecule is O=C(CN1C(=O)c2ccc(Br)cc2C1=O)Nc1ccn[nH]1. The summed E-state index contributed by atoms with van der Waals surface area (Å²) in [6.07, 6.45) is 1.48. The highest BCUT2D eigenvalue weighted by Crippen LogP contribution is 2.25. The molecule has 0 bridgehead atoms. The van der Waals surface area contributed by atoms with Gasteiger partial charge in [-0.05, 0) is 18.2 Å². The molecule has 0 aliphatic carbocycles. The third-order valence-corrected chi connectivity index (χ3v) is 3.50. The van der Waals surface area contributed by atoms with Crippen molar-refractivity contribution in [3.63, 3.8) is 0 Å². The Balaban J connectivity index is 1.77. The summed E-state index contributed by atoms with van der Waals surface area (Å²) in [5.74, 6) is -1.02. The Bertz CT molecular complexity index is 742. The van der Waals surface area contributed by atoms with Crippen LogP contribution in [0, 0.1) is 0 Å². The molecule has 2 N–H and O–H groups in total. The number of aromatic amines is 1. The second-order valence-corrected chi connectivity index (χ2v) is 5.32. The number of amides is 3. The van der Waals surface area contributed by atoms with Crippen molar-refractivity contribution in [2.45, 2.75) is 0 Å². The predicted octanol–water partition coefficient (Wildman–Crippen LogP) is 1.41. The maximum atomic E-state index is 12.2. The number of imide groups is 1. The van der Waals surface area contributed by atoms with E-state index in [1.54, 1.807) is 24.3 Å². The van der Waals surface area contributed by atoms with Gasteiger partial charge in [0.2, 0.25) is 5.91 Å². The molecule has 0 fully saturated rings. The topological polar surface area (TPSA) is 95.2 Å². The lowest BCUT2D eigenvalue weighted by molar-refractivity contribution is -0.116. The van der Waals surface area contributed by atoms with Gasteiger partial charge in [-0.25, -0.2) is 0 Å². The third-order valence-electron chi connectivity index (χ3n) is 3.01. The Morgan fingerprint density at radius 2 is 2.00 bits per heavy atom. The molecule has 3 amide bonds. The Morgan fingerprint density at radius 3 is 2.71 bits per heavy atom. The van der Waals surface area contributed by atoms with Crippen molar-refractivity contribution in [3.05, 3.63) is 46.1 Å². The Hall–Kier alpha value is -2.48. The van der Waals surface area contributed by atoms with Crippen LogP contribution in [-0.4, -0.2) is 39.4 Å². The number of hydrogen-bond acceptors (Lipinski definition) is 4. The van der Waals surface area contributed by atoms with Crippen molar-refractivity contribution >= 4 is 39.5 Å². The number of anilines is 1. The average Bonchev–Trinajstić information content (AvgIpc) is 3.02. The highest BCUT2D eigenvalue weighted by Gasteiger charge is 2.36. The number of benzene rings is 1. The number of rotatable bonds is 3. The third kappa shape index (κ3) is 2.45. The number of nitrogens with one attached hydrogen (secondary N) is 2. The zero-order valence-electron chi connectivity index (χ0n) is 10.6. The number of carbonyl (C=O) groups is 3. The summed E-state index contributed by atoms with van der Waals surface area (Å²) in [5.41, 5.74) is 0.598. The molecule has 0 atom stereocenters. The Labute approximate surface area is 127 Å². The Kier molecular flexibility index (Phi) is 3.30. The van der Waals surface area contributed by atoms with E-state index in [1.807, 2.05) is 0 Å². The average molecular weight is 349 g/mol. The number of aromatic nitrogens is 2. The van der Waals surface area contributed by atoms with Crippen molar-refractivity contribution in [1.82, 2.24) is 15.1 Å². The Morgan fingerprint density at radius 1 is 1.24 bits per heavy atom. The lowest BCUT2D eigenvalue weighted by Crippen LogP contribution is -2.37. The summed E-state index contributed by atoms with van der Waals surface area (Å²) >= 11 is 3.25. The number of H-pyrrole nitrogens is 1. The quantitative estimate of drug-likeness (QED) is 0.819. The first-order chi connectivity index (χ1) is 10.1. The van der Waals surface area contributed by atoms with Crippen molar-refractivity contribution in [1.29, 1.82) is 0 Å². The first-order valence-corrected chi connectivity index (χ1v) is 6.80. The van der Waals surface area contributed by atoms with Crippen LogP contribution in [0.5, 0.6) is 0 Å². The summed E-state index contributed by atoms with van der Waals surface area (Å²) in [7, 11) is 0. The van der Waals surface area contributed by atoms with Crippen molar-refractivity contribution in [3.8, 4) is 0 Å². The number of carbonyl (C=O) groups excluding carboxylic acids is 3. The minimum atomic E-state index is -0.479. The molecule has 0 spiro atoms. The van der Waals surface area contributed by atoms with E-state index < -0.39 is 17.7 Å². The van der Waals surface area contributed by atoms with E-state index in [9.17, 15) is 14.4 Å². The van der Waals surface area contributed by atoms with Crippen molar-refractivity contribution in [2.24, 2.45) is 0 Å². The maximum absolute atomic E-state index is 12.2. The van der Waals surface area contributed by atoms with Gasteiger partial charge in [-0.1, -0.05) is 15.9 Å². The first-order valence-electron chi connectivity index (χ1n) is 6.01. The number of fused-ring (bicyclic) bond motifs is 1. The number of hydrogen-bond donors (Lipinski definition) is 2. The van der Waals surface area contributed by atoms with Gasteiger partial charge in [0.1, 0.15) is 12.4 Å². The van der Waals surface area contributed by atoms with Crippen LogP contribution in [0.4, 0.5) is 5.82 Å². The minimum Gasteiger partial charge on any atom is -0.310 e. The molecule has 1 aromatic carbocycles. The fraction of sp³-hybridized carbons (Fsp3) is 0.0769. The standard InChI is InChI=1S/C13H9BrN4O3/c14-7-1-2-8-9(5-7)13(21)18(12(8)20)6-11(19)16-10-3-4-15-17-10/h1-5H,6H2,(H2,15,16,17,19). The van der Waals surface area contributed by atoms with E-state index >= 15 is 0 Å². The zero-order chi connectivity index (χ0) is 15.0. The van der Waals surface area contributed by atoms with E-state index in [1.165, 1.54) is 6.20 Å². The normalized spacial score (nSPS) is 13.5. The molecule has 21 heavy (non-hydrogen) atoms. The monoisotopic (exact) mass is 348 g/mol. The molecule has 0 saturated carbocycles. The molecule has 106 valence electrons. The minimum absolute atomic E-state index is 0.295. The molecule has 1 aliphatic rings. The van der Waals surface area contributed by atoms with Gasteiger partial charge in [0.05, 0.1) is 17.3 Å². The van der Waals surface area contributed by atoms with Gasteiger partial charge in [0.25, 0.3) is 11.8 Å². The fourth-order valence-electron chi connectivity index (χ4n) is 2.07. The summed E-state index contributed by atoms with van der Waals surface area (Å²) in [6, 6.07) is 6.38. The van der Waals surface area contributed by atoms with Gasteiger partial charge < -0.3 is 5.32 Å². The van der Waals surface area contributed by atoms with Crippen LogP contribution in [0.1, 0.15) is 20.7 Å². The second-order valence-electron chi connectivity index (χ2n) is 4.40. The van der Waals surface area contributed by atoms with Crippen LogP contribution in [0.25, 0.3) is 0 Å². The van der Waals surface area contributed by atoms with Crippen LogP contribution < -0.4 is 5.32 Å². The van der Waals surface area contributed by atoms with E-state index in [0.717, 1.165) is 4.90 Å². The summed E-state index contributed by atoms with van der Waals surface area (Å²) in [4.78, 5) is 37.1. The molecule has 2 aromatic rings. The van der Waals surface area contributed by atoms with Gasteiger partial charge in [-0.15, -0.1) is 0 Å². The molecule has 8 heteroatoms. The van der Waals surface area contributed by atoms with E-state index in [-0.39, 0.29) is 6.54 Å².